The molecule has 0 aliphatic rings. The zero-order valence-electron chi connectivity index (χ0n) is 71.3. The van der Waals surface area contributed by atoms with Crippen LogP contribution in [0, 0.1) is 17.1 Å². The molecule has 0 radical (unpaired) electrons. The fourth-order valence-electron chi connectivity index (χ4n) is 15.6. The molecule has 16 nitrogen and oxygen atoms in total. The number of pyridine rings is 9. The van der Waals surface area contributed by atoms with Gasteiger partial charge in [-0.25, -0.2) is 49.2 Å². The second kappa shape index (κ2) is 38.7. The molecule has 0 spiro atoms. The topological polar surface area (TPSA) is 217 Å². The van der Waals surface area contributed by atoms with Gasteiger partial charge in [0.25, 0.3) is 0 Å². The van der Waals surface area contributed by atoms with Crippen LogP contribution in [-0.4, -0.2) is 74.8 Å². The summed E-state index contributed by atoms with van der Waals surface area (Å²) in [6.45, 7) is 0. The summed E-state index contributed by atoms with van der Waals surface area (Å²) < 4.78 is 13.6. The van der Waals surface area contributed by atoms with Crippen LogP contribution in [0.4, 0.5) is 4.39 Å². The van der Waals surface area contributed by atoms with Gasteiger partial charge in [0.05, 0.1) is 114 Å². The van der Waals surface area contributed by atoms with Gasteiger partial charge in [0.15, 0.2) is 17.5 Å². The Morgan fingerprint density at radius 1 is 0.180 bits per heavy atom. The van der Waals surface area contributed by atoms with E-state index in [9.17, 15) is 9.65 Å². The van der Waals surface area contributed by atoms with Crippen LogP contribution in [0.2, 0.25) is 0 Å². The zero-order chi connectivity index (χ0) is 89.4. The second-order valence-electron chi connectivity index (χ2n) is 31.1. The van der Waals surface area contributed by atoms with E-state index < -0.39 is 5.82 Å². The largest absolute Gasteiger partial charge is 0.255 e. The lowest BCUT2D eigenvalue weighted by molar-refractivity contribution is 0.622. The zero-order valence-corrected chi connectivity index (χ0v) is 71.3. The van der Waals surface area contributed by atoms with Gasteiger partial charge in [-0.2, -0.15) is 5.26 Å². The minimum atomic E-state index is -0.394. The van der Waals surface area contributed by atoms with Crippen molar-refractivity contribution >= 4 is 10.8 Å². The van der Waals surface area contributed by atoms with Gasteiger partial charge in [0, 0.05) is 81.1 Å². The molecule has 0 N–H and O–H groups in total. The highest BCUT2D eigenvalue weighted by molar-refractivity contribution is 5.98. The Balaban J connectivity index is 0.000000124. The van der Waals surface area contributed by atoms with E-state index in [0.29, 0.717) is 68.6 Å². The van der Waals surface area contributed by atoms with Crippen molar-refractivity contribution in [3.8, 4) is 209 Å². The standard InChI is InChI=1S/C41H27N5.C38H24N6.C37H24FN5/c1-3-13-29(14-4-1)37-26-38(30-15-5-2-6-16-30)46-41(45-37)31-21-22-36(43-27-31)40-25-32(24-39(44-40)35-20-9-10-23-42-35)34-19-11-17-28-12-7-8-18-33(28)34;39-23-26-16-18-32(40-24-26)36-20-31(27-10-4-1-5-11-27)21-37(42-36)33-19-17-30(25-41-33)38-43-34(28-12-6-2-7-13-28)22-35(44-38)29-14-8-3-9-15-29;38-30-17-19-32(40-24-30)36-21-29(25-10-4-1-5-11-25)20-35(41-36)31-18-16-28(23-39-31)37-42-33(26-12-6-2-7-13-26)22-34(43-37)27-14-8-3-9-15-27/h1-27H;1-22,24-25H;1-24H. The van der Waals surface area contributed by atoms with E-state index in [1.54, 1.807) is 36.9 Å². The van der Waals surface area contributed by atoms with E-state index in [2.05, 4.69) is 112 Å². The molecular formula is C116H75FN16. The molecule has 0 saturated heterocycles. The summed E-state index contributed by atoms with van der Waals surface area (Å²) in [5.74, 6) is 1.40. The van der Waals surface area contributed by atoms with E-state index in [4.69, 9.17) is 59.8 Å². The maximum Gasteiger partial charge on any atom is 0.161 e. The summed E-state index contributed by atoms with van der Waals surface area (Å²) >= 11 is 0. The normalized spacial score (nSPS) is 10.9. The molecule has 0 saturated carbocycles. The minimum absolute atomic E-state index is 0.394. The predicted octanol–water partition coefficient (Wildman–Crippen LogP) is 27.2. The Kier molecular flexibility index (Phi) is 24.1. The summed E-state index contributed by atoms with van der Waals surface area (Å²) in [7, 11) is 0. The van der Waals surface area contributed by atoms with E-state index in [1.807, 2.05) is 316 Å². The van der Waals surface area contributed by atoms with Gasteiger partial charge in [-0.1, -0.05) is 291 Å². The number of hydrogen-bond donors (Lipinski definition) is 0. The molecule has 12 aromatic heterocycles. The van der Waals surface area contributed by atoms with Crippen molar-refractivity contribution in [1.82, 2.24) is 74.8 Å². The van der Waals surface area contributed by atoms with Crippen LogP contribution in [0.1, 0.15) is 5.56 Å². The maximum atomic E-state index is 13.6. The summed E-state index contributed by atoms with van der Waals surface area (Å²) in [5, 5.41) is 11.6. The van der Waals surface area contributed by atoms with Crippen molar-refractivity contribution in [2.75, 3.05) is 0 Å². The lowest BCUT2D eigenvalue weighted by Crippen LogP contribution is -1.97. The van der Waals surface area contributed by atoms with Crippen LogP contribution in [0.5, 0.6) is 0 Å². The van der Waals surface area contributed by atoms with E-state index >= 15 is 0 Å². The van der Waals surface area contributed by atoms with Crippen molar-refractivity contribution in [1.29, 1.82) is 5.26 Å². The molecule has 0 fully saturated rings. The van der Waals surface area contributed by atoms with Gasteiger partial charge < -0.3 is 0 Å². The smallest absolute Gasteiger partial charge is 0.161 e. The Hall–Kier alpha value is -18.5. The van der Waals surface area contributed by atoms with Gasteiger partial charge >= 0.3 is 0 Å². The third kappa shape index (κ3) is 19.3. The monoisotopic (exact) mass is 1710 g/mol. The molecule has 10 aromatic carbocycles. The van der Waals surface area contributed by atoms with Gasteiger partial charge in [0.1, 0.15) is 11.9 Å². The maximum absolute atomic E-state index is 13.6. The fourth-order valence-corrected chi connectivity index (χ4v) is 15.6. The van der Waals surface area contributed by atoms with Crippen molar-refractivity contribution in [3.63, 3.8) is 0 Å². The molecular weight excluding hydrogens is 1640 g/mol. The van der Waals surface area contributed by atoms with Crippen LogP contribution in [-0.2, 0) is 0 Å². The molecule has 133 heavy (non-hydrogen) atoms. The SMILES string of the molecule is Fc1ccc(-c2cc(-c3ccccc3)cc(-c3ccc(-c4nc(-c5ccccc5)cc(-c5ccccc5)n4)cn3)n2)nc1.N#Cc1ccc(-c2cc(-c3ccccc3)cc(-c3ccc(-c4nc(-c5ccccc5)cc(-c5ccccc5)n4)cn3)n2)nc1.c1ccc(-c2cc(-c3ccccc3)nc(-c3ccc(-c4cc(-c5cccc6ccccc56)cc(-c5ccccn5)n4)nc3)n2)cc1. The lowest BCUT2D eigenvalue weighted by Gasteiger charge is -2.12. The average Bonchev–Trinajstić information content (AvgIpc) is 0.784. The molecule has 0 aliphatic heterocycles. The van der Waals surface area contributed by atoms with Crippen molar-refractivity contribution < 1.29 is 4.39 Å². The summed E-state index contributed by atoms with van der Waals surface area (Å²) in [5.41, 5.74) is 28.8. The Morgan fingerprint density at radius 3 is 0.767 bits per heavy atom. The first-order valence-corrected chi connectivity index (χ1v) is 43.2. The third-order valence-corrected chi connectivity index (χ3v) is 22.3. The molecule has 0 aliphatic carbocycles. The van der Waals surface area contributed by atoms with Crippen molar-refractivity contribution in [3.05, 3.63) is 467 Å². The average molecular weight is 1710 g/mol. The summed E-state index contributed by atoms with van der Waals surface area (Å²) in [6.07, 6.45) is 9.96. The number of hydrogen-bond acceptors (Lipinski definition) is 16. The number of rotatable bonds is 18. The van der Waals surface area contributed by atoms with Gasteiger partial charge in [-0.05, 0) is 172 Å². The Morgan fingerprint density at radius 2 is 0.466 bits per heavy atom. The molecule has 0 bridgehead atoms. The van der Waals surface area contributed by atoms with Crippen LogP contribution >= 0.6 is 0 Å². The van der Waals surface area contributed by atoms with Gasteiger partial charge in [0.2, 0.25) is 0 Å². The predicted molar refractivity (Wildman–Crippen MR) is 526 cm³/mol. The first-order valence-electron chi connectivity index (χ1n) is 43.2. The molecule has 12 heterocycles. The second-order valence-corrected chi connectivity index (χ2v) is 31.1. The van der Waals surface area contributed by atoms with Crippen molar-refractivity contribution in [2.24, 2.45) is 0 Å². The molecule has 0 unspecified atom stereocenters. The highest BCUT2D eigenvalue weighted by atomic mass is 19.1. The first kappa shape index (κ1) is 82.7. The minimum Gasteiger partial charge on any atom is -0.255 e. The lowest BCUT2D eigenvalue weighted by atomic mass is 9.97. The Labute approximate surface area is 766 Å². The van der Waals surface area contributed by atoms with E-state index in [1.165, 1.54) is 23.0 Å². The number of halogens is 1. The number of nitriles is 1. The third-order valence-electron chi connectivity index (χ3n) is 22.3. The van der Waals surface area contributed by atoms with Crippen LogP contribution in [0.25, 0.3) is 214 Å². The molecule has 17 heteroatoms. The summed E-state index contributed by atoms with van der Waals surface area (Å²) in [4.78, 5) is 72.3. The number of benzene rings is 10. The molecule has 22 aromatic rings. The van der Waals surface area contributed by atoms with Crippen LogP contribution in [0.15, 0.2) is 456 Å². The highest BCUT2D eigenvalue weighted by Gasteiger charge is 2.21. The fraction of sp³-hybridized carbons (Fsp3) is 0. The molecule has 0 atom stereocenters. The van der Waals surface area contributed by atoms with Crippen LogP contribution < -0.4 is 0 Å². The Bertz CT molecular complexity index is 7680. The van der Waals surface area contributed by atoms with Gasteiger partial charge in [-0.3, -0.25) is 29.9 Å². The molecule has 0 amide bonds. The number of aromatic nitrogens is 15. The quantitative estimate of drug-likeness (QED) is 0.0780. The summed E-state index contributed by atoms with van der Waals surface area (Å²) in [6, 6.07) is 140. The van der Waals surface area contributed by atoms with E-state index in [0.717, 1.165) is 140 Å². The highest BCUT2D eigenvalue weighted by Crippen LogP contribution is 2.39. The number of fused-ring (bicyclic) bond motifs is 1. The van der Waals surface area contributed by atoms with Gasteiger partial charge in [-0.15, -0.1) is 0 Å². The number of nitrogens with zero attached hydrogens (tertiary/aromatic N) is 16. The molecule has 22 rings (SSSR count). The molecule has 626 valence electrons. The first-order chi connectivity index (χ1) is 65.7. The van der Waals surface area contributed by atoms with Crippen molar-refractivity contribution in [2.45, 2.75) is 0 Å². The van der Waals surface area contributed by atoms with E-state index in [-0.39, 0.29) is 0 Å². The van der Waals surface area contributed by atoms with Crippen LogP contribution in [0.3, 0.4) is 0 Å².